The van der Waals surface area contributed by atoms with Crippen LogP contribution in [0.4, 0.5) is 16.2 Å². The number of carbonyl (C=O) groups excluding carboxylic acids is 3. The molecule has 0 radical (unpaired) electrons. The van der Waals surface area contributed by atoms with E-state index in [1.807, 2.05) is 0 Å². The molecule has 0 aromatic heterocycles. The van der Waals surface area contributed by atoms with Crippen LogP contribution in [0.25, 0.3) is 0 Å². The zero-order chi connectivity index (χ0) is 26.5. The average Bonchev–Trinajstić information content (AvgIpc) is 3.62. The van der Waals surface area contributed by atoms with Gasteiger partial charge in [-0.25, -0.2) is 15.2 Å². The van der Waals surface area contributed by atoms with Gasteiger partial charge in [0.1, 0.15) is 16.5 Å². The van der Waals surface area contributed by atoms with Gasteiger partial charge < -0.3 is 15.4 Å². The molecule has 37 heavy (non-hydrogen) atoms. The lowest BCUT2D eigenvalue weighted by Crippen LogP contribution is -2.55. The number of ether oxygens (including phenoxy) is 1. The number of sulfonamides is 1. The van der Waals surface area contributed by atoms with E-state index in [0.717, 1.165) is 12.8 Å². The Bertz CT molecular complexity index is 1440. The van der Waals surface area contributed by atoms with E-state index in [4.69, 9.17) is 4.74 Å². The highest BCUT2D eigenvalue weighted by molar-refractivity contribution is 7.90. The third-order valence-electron chi connectivity index (χ3n) is 6.05. The SMILES string of the molecule is CC(C)(C)NC(=O)Oc1ccc2c(c1)S(=O)(=O)N=C(C1C(=O)c3ccccc3N(NCC3CC3)C1=O)N2. The van der Waals surface area contributed by atoms with Crippen molar-refractivity contribution in [2.24, 2.45) is 16.2 Å². The second-order valence-electron chi connectivity index (χ2n) is 10.3. The number of hydrogen-bond donors (Lipinski definition) is 3. The number of para-hydroxylation sites is 1. The summed E-state index contributed by atoms with van der Waals surface area (Å²) in [6.07, 6.45) is 1.38. The van der Waals surface area contributed by atoms with E-state index in [2.05, 4.69) is 20.5 Å². The third kappa shape index (κ3) is 5.07. The lowest BCUT2D eigenvalue weighted by Gasteiger charge is -2.34. The molecule has 3 N–H and O–H groups in total. The molecule has 5 rings (SSSR count). The molecule has 2 amide bonds. The van der Waals surface area contributed by atoms with Gasteiger partial charge in [0.15, 0.2) is 11.7 Å². The molecule has 1 atom stereocenters. The molecule has 2 aliphatic heterocycles. The lowest BCUT2D eigenvalue weighted by molar-refractivity contribution is -0.120. The number of fused-ring (bicyclic) bond motifs is 2. The van der Waals surface area contributed by atoms with Gasteiger partial charge in [-0.05, 0) is 63.8 Å². The number of ketones is 1. The Morgan fingerprint density at radius 1 is 1.16 bits per heavy atom. The van der Waals surface area contributed by atoms with E-state index in [1.54, 1.807) is 45.0 Å². The highest BCUT2D eigenvalue weighted by Gasteiger charge is 2.45. The number of Topliss-reactive ketones (excluding diaryl/α,β-unsaturated/α-hetero) is 1. The summed E-state index contributed by atoms with van der Waals surface area (Å²) in [4.78, 5) is 38.8. The van der Waals surface area contributed by atoms with Crippen molar-refractivity contribution in [2.45, 2.75) is 44.0 Å². The van der Waals surface area contributed by atoms with Gasteiger partial charge in [0.25, 0.3) is 15.9 Å². The molecule has 1 unspecified atom stereocenters. The van der Waals surface area contributed by atoms with Gasteiger partial charge >= 0.3 is 6.09 Å². The van der Waals surface area contributed by atoms with Crippen molar-refractivity contribution in [1.29, 1.82) is 0 Å². The largest absolute Gasteiger partial charge is 0.413 e. The second-order valence-corrected chi connectivity index (χ2v) is 11.9. The Hall–Kier alpha value is -3.77. The first-order chi connectivity index (χ1) is 17.4. The Kier molecular flexibility index (Phi) is 6.03. The molecule has 12 heteroatoms. The van der Waals surface area contributed by atoms with Crippen molar-refractivity contribution in [2.75, 3.05) is 16.9 Å². The number of amidine groups is 1. The number of rotatable bonds is 5. The first kappa shape index (κ1) is 24.9. The Labute approximate surface area is 214 Å². The van der Waals surface area contributed by atoms with Gasteiger partial charge in [-0.15, -0.1) is 4.40 Å². The zero-order valence-corrected chi connectivity index (χ0v) is 21.4. The van der Waals surface area contributed by atoms with Crippen molar-refractivity contribution in [3.05, 3.63) is 48.0 Å². The van der Waals surface area contributed by atoms with E-state index < -0.39 is 39.3 Å². The fourth-order valence-electron chi connectivity index (χ4n) is 4.12. The summed E-state index contributed by atoms with van der Waals surface area (Å²) in [7, 11) is -4.32. The summed E-state index contributed by atoms with van der Waals surface area (Å²) in [5, 5.41) is 6.79. The van der Waals surface area contributed by atoms with E-state index in [1.165, 1.54) is 23.2 Å². The van der Waals surface area contributed by atoms with Gasteiger partial charge in [-0.2, -0.15) is 8.42 Å². The second kappa shape index (κ2) is 8.96. The molecule has 0 spiro atoms. The van der Waals surface area contributed by atoms with Crippen LogP contribution in [0, 0.1) is 11.8 Å². The maximum Gasteiger partial charge on any atom is 0.413 e. The van der Waals surface area contributed by atoms with Gasteiger partial charge in [-0.3, -0.25) is 9.59 Å². The van der Waals surface area contributed by atoms with Crippen molar-refractivity contribution < 1.29 is 27.5 Å². The first-order valence-corrected chi connectivity index (χ1v) is 13.3. The fraction of sp³-hybridized carbons (Fsp3) is 0.360. The van der Waals surface area contributed by atoms with Crippen LogP contribution >= 0.6 is 0 Å². The summed E-state index contributed by atoms with van der Waals surface area (Å²) in [5.74, 6) is -2.47. The molecule has 194 valence electrons. The smallest absolute Gasteiger partial charge is 0.410 e. The van der Waals surface area contributed by atoms with Crippen LogP contribution in [0.2, 0.25) is 0 Å². The quantitative estimate of drug-likeness (QED) is 0.505. The van der Waals surface area contributed by atoms with Gasteiger partial charge in [0.05, 0.1) is 11.4 Å². The number of anilines is 2. The number of hydrazine groups is 1. The molecule has 3 aliphatic rings. The molecule has 11 nitrogen and oxygen atoms in total. The highest BCUT2D eigenvalue weighted by Crippen LogP contribution is 2.36. The highest BCUT2D eigenvalue weighted by atomic mass is 32.2. The molecule has 1 aliphatic carbocycles. The van der Waals surface area contributed by atoms with Crippen LogP contribution in [0.3, 0.4) is 0 Å². The summed E-state index contributed by atoms with van der Waals surface area (Å²) in [6, 6.07) is 10.7. The van der Waals surface area contributed by atoms with E-state index in [9.17, 15) is 22.8 Å². The van der Waals surface area contributed by atoms with Crippen molar-refractivity contribution in [1.82, 2.24) is 10.7 Å². The number of hydrogen-bond acceptors (Lipinski definition) is 8. The predicted molar refractivity (Wildman–Crippen MR) is 136 cm³/mol. The molecule has 2 aromatic rings. The summed E-state index contributed by atoms with van der Waals surface area (Å²) in [5.41, 5.74) is 3.39. The number of carbonyl (C=O) groups is 3. The van der Waals surface area contributed by atoms with Gasteiger partial charge in [0.2, 0.25) is 0 Å². The number of nitrogens with one attached hydrogen (secondary N) is 3. The van der Waals surface area contributed by atoms with Crippen LogP contribution < -0.4 is 25.8 Å². The van der Waals surface area contributed by atoms with Crippen LogP contribution in [0.15, 0.2) is 51.8 Å². The number of amides is 2. The fourth-order valence-corrected chi connectivity index (χ4v) is 5.30. The summed E-state index contributed by atoms with van der Waals surface area (Å²) >= 11 is 0. The minimum absolute atomic E-state index is 0.00118. The number of nitrogens with zero attached hydrogens (tertiary/aromatic N) is 2. The molecule has 0 bridgehead atoms. The molecule has 0 saturated heterocycles. The standard InChI is InChI=1S/C25H27N5O6S/c1-25(2,3)28-24(33)36-15-10-11-17-19(12-15)37(34,35)29-22(27-17)20-21(31)16-6-4-5-7-18(16)30(23(20)32)26-13-14-8-9-14/h4-7,10-12,14,20,26H,8-9,13H2,1-3H3,(H,27,29)(H,28,33). The topological polar surface area (TPSA) is 146 Å². The lowest BCUT2D eigenvalue weighted by atomic mass is 9.90. The Morgan fingerprint density at radius 3 is 2.59 bits per heavy atom. The number of benzene rings is 2. The van der Waals surface area contributed by atoms with E-state index in [-0.39, 0.29) is 27.7 Å². The summed E-state index contributed by atoms with van der Waals surface area (Å²) < 4.78 is 35.3. The van der Waals surface area contributed by atoms with Gasteiger partial charge in [-0.1, -0.05) is 12.1 Å². The zero-order valence-electron chi connectivity index (χ0n) is 20.6. The van der Waals surface area contributed by atoms with Crippen LogP contribution in [-0.2, 0) is 14.8 Å². The molecule has 2 aromatic carbocycles. The summed E-state index contributed by atoms with van der Waals surface area (Å²) in [6.45, 7) is 5.90. The maximum absolute atomic E-state index is 13.5. The Balaban J connectivity index is 1.45. The molecule has 2 heterocycles. The minimum Gasteiger partial charge on any atom is -0.410 e. The van der Waals surface area contributed by atoms with E-state index in [0.29, 0.717) is 18.2 Å². The molecule has 1 fully saturated rings. The van der Waals surface area contributed by atoms with Crippen LogP contribution in [0.5, 0.6) is 5.75 Å². The minimum atomic E-state index is -4.32. The monoisotopic (exact) mass is 525 g/mol. The normalized spacial score (nSPS) is 20.4. The first-order valence-electron chi connectivity index (χ1n) is 11.9. The van der Waals surface area contributed by atoms with Crippen LogP contribution in [0.1, 0.15) is 44.0 Å². The predicted octanol–water partition coefficient (Wildman–Crippen LogP) is 2.85. The van der Waals surface area contributed by atoms with E-state index >= 15 is 0 Å². The van der Waals surface area contributed by atoms with Crippen molar-refractivity contribution >= 4 is 45.0 Å². The van der Waals surface area contributed by atoms with Crippen molar-refractivity contribution in [3.8, 4) is 5.75 Å². The van der Waals surface area contributed by atoms with Gasteiger partial charge in [0, 0.05) is 23.7 Å². The molecular formula is C25H27N5O6S. The average molecular weight is 526 g/mol. The van der Waals surface area contributed by atoms with Crippen molar-refractivity contribution in [3.63, 3.8) is 0 Å². The molecular weight excluding hydrogens is 498 g/mol. The maximum atomic E-state index is 13.5. The molecule has 1 saturated carbocycles. The Morgan fingerprint density at radius 2 is 1.89 bits per heavy atom. The van der Waals surface area contributed by atoms with Crippen LogP contribution in [-0.4, -0.2) is 44.1 Å². The third-order valence-corrected chi connectivity index (χ3v) is 7.38.